The summed E-state index contributed by atoms with van der Waals surface area (Å²) in [6.45, 7) is 0. The first-order chi connectivity index (χ1) is 8.59. The fraction of sp³-hybridized carbons (Fsp3) is 0.333. The number of rotatable bonds is 3. The van der Waals surface area contributed by atoms with E-state index in [1.54, 1.807) is 7.11 Å². The van der Waals surface area contributed by atoms with E-state index in [2.05, 4.69) is 0 Å². The predicted molar refractivity (Wildman–Crippen MR) is 70.5 cm³/mol. The zero-order chi connectivity index (χ0) is 13.0. The van der Waals surface area contributed by atoms with E-state index in [0.717, 1.165) is 5.56 Å². The SMILES string of the molecule is COC1=CC(C=Cc2ccccc2)CC(O)(O)C1. The van der Waals surface area contributed by atoms with Gasteiger partial charge in [0.2, 0.25) is 0 Å². The van der Waals surface area contributed by atoms with Gasteiger partial charge in [-0.25, -0.2) is 0 Å². The van der Waals surface area contributed by atoms with E-state index in [0.29, 0.717) is 12.2 Å². The van der Waals surface area contributed by atoms with Gasteiger partial charge in [0.05, 0.1) is 19.3 Å². The number of allylic oxidation sites excluding steroid dienone is 2. The van der Waals surface area contributed by atoms with Crippen molar-refractivity contribution >= 4 is 6.08 Å². The molecular weight excluding hydrogens is 228 g/mol. The molecule has 1 unspecified atom stereocenters. The summed E-state index contributed by atoms with van der Waals surface area (Å²) in [5, 5.41) is 19.5. The van der Waals surface area contributed by atoms with Gasteiger partial charge < -0.3 is 14.9 Å². The van der Waals surface area contributed by atoms with Gasteiger partial charge in [-0.15, -0.1) is 0 Å². The Morgan fingerprint density at radius 3 is 2.67 bits per heavy atom. The smallest absolute Gasteiger partial charge is 0.170 e. The zero-order valence-electron chi connectivity index (χ0n) is 10.4. The molecule has 0 saturated carbocycles. The lowest BCUT2D eigenvalue weighted by Crippen LogP contribution is -2.34. The number of benzene rings is 1. The van der Waals surface area contributed by atoms with Gasteiger partial charge in [0.15, 0.2) is 5.79 Å². The predicted octanol–water partition coefficient (Wildman–Crippen LogP) is 2.32. The van der Waals surface area contributed by atoms with Gasteiger partial charge in [0, 0.05) is 12.3 Å². The van der Waals surface area contributed by atoms with Gasteiger partial charge in [0.1, 0.15) is 0 Å². The molecule has 3 nitrogen and oxygen atoms in total. The van der Waals surface area contributed by atoms with Gasteiger partial charge in [0.25, 0.3) is 0 Å². The van der Waals surface area contributed by atoms with Crippen molar-refractivity contribution in [3.05, 3.63) is 53.8 Å². The Hall–Kier alpha value is -1.58. The highest BCUT2D eigenvalue weighted by atomic mass is 16.5. The third-order valence-corrected chi connectivity index (χ3v) is 3.02. The Morgan fingerprint density at radius 2 is 2.00 bits per heavy atom. The van der Waals surface area contributed by atoms with Crippen molar-refractivity contribution in [3.63, 3.8) is 0 Å². The van der Waals surface area contributed by atoms with Crippen LogP contribution in [0.5, 0.6) is 0 Å². The second-order valence-corrected chi connectivity index (χ2v) is 4.63. The molecule has 0 saturated heterocycles. The molecule has 1 atom stereocenters. The lowest BCUT2D eigenvalue weighted by molar-refractivity contribution is -0.176. The molecule has 0 aliphatic heterocycles. The highest BCUT2D eigenvalue weighted by Crippen LogP contribution is 2.31. The monoisotopic (exact) mass is 246 g/mol. The second kappa shape index (κ2) is 5.38. The fourth-order valence-electron chi connectivity index (χ4n) is 2.15. The van der Waals surface area contributed by atoms with Crippen molar-refractivity contribution in [2.24, 2.45) is 5.92 Å². The number of hydrogen-bond donors (Lipinski definition) is 2. The Kier molecular flexibility index (Phi) is 3.84. The van der Waals surface area contributed by atoms with Gasteiger partial charge >= 0.3 is 0 Å². The van der Waals surface area contributed by atoms with Crippen molar-refractivity contribution in [3.8, 4) is 0 Å². The summed E-state index contributed by atoms with van der Waals surface area (Å²) in [5.74, 6) is -1.08. The molecule has 0 amide bonds. The van der Waals surface area contributed by atoms with Crippen LogP contribution < -0.4 is 0 Å². The molecule has 1 aromatic carbocycles. The maximum absolute atomic E-state index is 9.74. The van der Waals surface area contributed by atoms with E-state index >= 15 is 0 Å². The summed E-state index contributed by atoms with van der Waals surface area (Å²) in [6.07, 6.45) is 6.33. The van der Waals surface area contributed by atoms with Gasteiger partial charge in [-0.05, 0) is 11.6 Å². The van der Waals surface area contributed by atoms with Gasteiger partial charge in [-0.2, -0.15) is 0 Å². The summed E-state index contributed by atoms with van der Waals surface area (Å²) < 4.78 is 5.12. The van der Waals surface area contributed by atoms with E-state index in [1.165, 1.54) is 0 Å². The van der Waals surface area contributed by atoms with Crippen LogP contribution in [0.1, 0.15) is 18.4 Å². The summed E-state index contributed by atoms with van der Waals surface area (Å²) in [6, 6.07) is 9.92. The molecule has 2 rings (SSSR count). The van der Waals surface area contributed by atoms with Gasteiger partial charge in [-0.1, -0.05) is 42.5 Å². The topological polar surface area (TPSA) is 49.7 Å². The van der Waals surface area contributed by atoms with E-state index in [9.17, 15) is 10.2 Å². The maximum atomic E-state index is 9.74. The minimum atomic E-state index is -1.67. The molecule has 0 fully saturated rings. The lowest BCUT2D eigenvalue weighted by Gasteiger charge is -2.29. The highest BCUT2D eigenvalue weighted by molar-refractivity contribution is 5.49. The Labute approximate surface area is 107 Å². The quantitative estimate of drug-likeness (QED) is 0.805. The van der Waals surface area contributed by atoms with Crippen LogP contribution in [-0.4, -0.2) is 23.1 Å². The summed E-state index contributed by atoms with van der Waals surface area (Å²) >= 11 is 0. The molecule has 18 heavy (non-hydrogen) atoms. The molecule has 96 valence electrons. The molecule has 0 spiro atoms. The van der Waals surface area contributed by atoms with Crippen LogP contribution in [0.25, 0.3) is 6.08 Å². The van der Waals surface area contributed by atoms with Crippen molar-refractivity contribution < 1.29 is 14.9 Å². The highest BCUT2D eigenvalue weighted by Gasteiger charge is 2.32. The molecule has 1 aliphatic rings. The Bertz CT molecular complexity index is 446. The molecule has 3 heteroatoms. The van der Waals surface area contributed by atoms with Crippen molar-refractivity contribution in [2.75, 3.05) is 7.11 Å². The third-order valence-electron chi connectivity index (χ3n) is 3.02. The molecule has 0 radical (unpaired) electrons. The number of methoxy groups -OCH3 is 1. The molecule has 0 bridgehead atoms. The normalized spacial score (nSPS) is 22.8. The third kappa shape index (κ3) is 3.45. The van der Waals surface area contributed by atoms with Crippen molar-refractivity contribution in [2.45, 2.75) is 18.6 Å². The van der Waals surface area contributed by atoms with Crippen molar-refractivity contribution in [1.29, 1.82) is 0 Å². The fourth-order valence-corrected chi connectivity index (χ4v) is 2.15. The van der Waals surface area contributed by atoms with Crippen LogP contribution in [0, 0.1) is 5.92 Å². The second-order valence-electron chi connectivity index (χ2n) is 4.63. The molecule has 0 aromatic heterocycles. The van der Waals surface area contributed by atoms with E-state index in [1.807, 2.05) is 48.6 Å². The summed E-state index contributed by atoms with van der Waals surface area (Å²) in [7, 11) is 1.55. The van der Waals surface area contributed by atoms with Crippen LogP contribution in [0.3, 0.4) is 0 Å². The van der Waals surface area contributed by atoms with E-state index in [4.69, 9.17) is 4.74 Å². The molecule has 0 heterocycles. The molecular formula is C15H18O3. The van der Waals surface area contributed by atoms with Crippen LogP contribution in [0.2, 0.25) is 0 Å². The first-order valence-electron chi connectivity index (χ1n) is 6.02. The van der Waals surface area contributed by atoms with Crippen molar-refractivity contribution in [1.82, 2.24) is 0 Å². The first-order valence-corrected chi connectivity index (χ1v) is 6.02. The van der Waals surface area contributed by atoms with Crippen LogP contribution in [0.4, 0.5) is 0 Å². The first kappa shape index (κ1) is 12.9. The summed E-state index contributed by atoms with van der Waals surface area (Å²) in [5.41, 5.74) is 1.09. The van der Waals surface area contributed by atoms with Crippen LogP contribution in [0.15, 0.2) is 48.2 Å². The van der Waals surface area contributed by atoms with E-state index in [-0.39, 0.29) is 12.3 Å². The maximum Gasteiger partial charge on any atom is 0.170 e. The van der Waals surface area contributed by atoms with Crippen LogP contribution >= 0.6 is 0 Å². The minimum Gasteiger partial charge on any atom is -0.501 e. The number of hydrogen-bond acceptors (Lipinski definition) is 3. The minimum absolute atomic E-state index is 0.0242. The largest absolute Gasteiger partial charge is 0.501 e. The van der Waals surface area contributed by atoms with Gasteiger partial charge in [-0.3, -0.25) is 0 Å². The number of ether oxygens (including phenoxy) is 1. The molecule has 2 N–H and O–H groups in total. The Morgan fingerprint density at radius 1 is 1.28 bits per heavy atom. The zero-order valence-corrected chi connectivity index (χ0v) is 10.4. The number of aliphatic hydroxyl groups is 2. The Balaban J connectivity index is 2.11. The summed E-state index contributed by atoms with van der Waals surface area (Å²) in [4.78, 5) is 0. The van der Waals surface area contributed by atoms with E-state index < -0.39 is 5.79 Å². The van der Waals surface area contributed by atoms with Crippen LogP contribution in [-0.2, 0) is 4.74 Å². The lowest BCUT2D eigenvalue weighted by atomic mass is 9.89. The average molecular weight is 246 g/mol. The standard InChI is InChI=1S/C15H18O3/c1-18-14-9-13(10-15(16,17)11-14)8-7-12-5-3-2-4-6-12/h2-9,13,16-17H,10-11H2,1H3. The average Bonchev–Trinajstić information content (AvgIpc) is 2.36. The molecule has 1 aromatic rings. The molecule has 1 aliphatic carbocycles.